The number of fused-ring (bicyclic) bond motifs is 3. The number of allylic oxidation sites excluding steroid dienone is 4. The topological polar surface area (TPSA) is 0 Å². The third kappa shape index (κ3) is 4.72. The normalized spacial score (nSPS) is 13.7. The zero-order valence-electron chi connectivity index (χ0n) is 18.2. The van der Waals surface area contributed by atoms with Crippen molar-refractivity contribution in [2.24, 2.45) is 0 Å². The molecular weight excluding hydrogens is 431 g/mol. The molecule has 0 nitrogen and oxygen atoms in total. The van der Waals surface area contributed by atoms with Gasteiger partial charge in [-0.15, -0.1) is 33.7 Å². The molecular formula is C26H29Cl2Ti. The Morgan fingerprint density at radius 3 is 2.03 bits per heavy atom. The van der Waals surface area contributed by atoms with Crippen molar-refractivity contribution in [3.63, 3.8) is 0 Å². The summed E-state index contributed by atoms with van der Waals surface area (Å²) < 4.78 is 0. The molecule has 0 unspecified atom stereocenters. The molecule has 0 N–H and O–H groups in total. The predicted molar refractivity (Wildman–Crippen MR) is 116 cm³/mol. The van der Waals surface area contributed by atoms with Gasteiger partial charge in [-0.2, -0.15) is 0 Å². The van der Waals surface area contributed by atoms with E-state index < -0.39 is 0 Å². The first-order valence-corrected chi connectivity index (χ1v) is 9.69. The number of hydrogen-bond acceptors (Lipinski definition) is 0. The van der Waals surface area contributed by atoms with Crippen LogP contribution in [0.15, 0.2) is 54.6 Å². The Morgan fingerprint density at radius 1 is 0.828 bits per heavy atom. The Hall–Kier alpha value is -0.916. The monoisotopic (exact) mass is 459 g/mol. The molecule has 0 aromatic heterocycles. The fourth-order valence-corrected chi connectivity index (χ4v) is 4.16. The summed E-state index contributed by atoms with van der Waals surface area (Å²) in [7, 11) is 0. The molecule has 0 saturated heterocycles. The van der Waals surface area contributed by atoms with Gasteiger partial charge in [0.15, 0.2) is 0 Å². The first kappa shape index (κ1) is 26.1. The van der Waals surface area contributed by atoms with Crippen molar-refractivity contribution >= 4 is 27.1 Å². The number of hydrogen-bond donors (Lipinski definition) is 0. The fourth-order valence-electron chi connectivity index (χ4n) is 4.16. The molecule has 0 heterocycles. The molecule has 3 heteroatoms. The summed E-state index contributed by atoms with van der Waals surface area (Å²) in [5.41, 5.74) is 6.06. The second-order valence-corrected chi connectivity index (χ2v) is 9.72. The van der Waals surface area contributed by atoms with E-state index in [1.807, 2.05) is 0 Å². The molecule has 4 rings (SSSR count). The third-order valence-electron chi connectivity index (χ3n) is 5.65. The van der Waals surface area contributed by atoms with Crippen LogP contribution in [0, 0.1) is 0 Å². The van der Waals surface area contributed by atoms with Gasteiger partial charge in [-0.05, 0) is 17.3 Å². The largest absolute Gasteiger partial charge is 3.00 e. The smallest absolute Gasteiger partial charge is 1.00 e. The number of rotatable bonds is 1. The standard InChI is InChI=1S/C26H29.2ClH.Ti/c1-25(2,3)19-11-12-20-18(15-19)16-22-21(20)13-14-23(26(4,5)6)24(22)17-9-7-8-10-17;;;/h7-9,11-16H,10H2,1-6H3;2*1H;/q-1;;;+3/p-2. The van der Waals surface area contributed by atoms with Gasteiger partial charge in [0.25, 0.3) is 0 Å². The molecule has 0 amide bonds. The molecule has 3 aromatic rings. The van der Waals surface area contributed by atoms with Crippen LogP contribution >= 0.6 is 0 Å². The van der Waals surface area contributed by atoms with Crippen molar-refractivity contribution in [2.45, 2.75) is 58.8 Å². The van der Waals surface area contributed by atoms with Gasteiger partial charge in [0.2, 0.25) is 0 Å². The molecule has 151 valence electrons. The summed E-state index contributed by atoms with van der Waals surface area (Å²) in [5, 5.41) is 5.54. The summed E-state index contributed by atoms with van der Waals surface area (Å²) in [4.78, 5) is 0. The van der Waals surface area contributed by atoms with Gasteiger partial charge in [-0.1, -0.05) is 106 Å². The maximum Gasteiger partial charge on any atom is 3.00 e. The van der Waals surface area contributed by atoms with Crippen LogP contribution in [0.25, 0.3) is 27.1 Å². The molecule has 0 atom stereocenters. The number of benzene rings is 2. The van der Waals surface area contributed by atoms with Gasteiger partial charge >= 0.3 is 21.7 Å². The minimum Gasteiger partial charge on any atom is -1.00 e. The van der Waals surface area contributed by atoms with Crippen molar-refractivity contribution < 1.29 is 46.5 Å². The van der Waals surface area contributed by atoms with Gasteiger partial charge in [0.1, 0.15) is 0 Å². The van der Waals surface area contributed by atoms with E-state index in [1.54, 1.807) is 0 Å². The van der Waals surface area contributed by atoms with E-state index in [0.717, 1.165) is 6.42 Å². The van der Waals surface area contributed by atoms with Gasteiger partial charge in [0, 0.05) is 0 Å². The maximum atomic E-state index is 2.42. The molecule has 0 bridgehead atoms. The van der Waals surface area contributed by atoms with Crippen molar-refractivity contribution in [3.05, 3.63) is 71.3 Å². The minimum absolute atomic E-state index is 0. The van der Waals surface area contributed by atoms with Crippen LogP contribution in [0.3, 0.4) is 0 Å². The molecule has 1 aliphatic carbocycles. The van der Waals surface area contributed by atoms with Gasteiger partial charge in [-0.25, -0.2) is 0 Å². The Kier molecular flexibility index (Phi) is 8.17. The van der Waals surface area contributed by atoms with Crippen LogP contribution in [0.4, 0.5) is 0 Å². The zero-order valence-corrected chi connectivity index (χ0v) is 21.2. The van der Waals surface area contributed by atoms with Gasteiger partial charge in [-0.3, -0.25) is 0 Å². The zero-order chi connectivity index (χ0) is 18.7. The van der Waals surface area contributed by atoms with Crippen LogP contribution in [0.5, 0.6) is 0 Å². The van der Waals surface area contributed by atoms with Crippen LogP contribution in [0.1, 0.15) is 64.7 Å². The first-order chi connectivity index (χ1) is 12.2. The van der Waals surface area contributed by atoms with Crippen LogP contribution in [0.2, 0.25) is 0 Å². The maximum absolute atomic E-state index is 2.42. The quantitative estimate of drug-likeness (QED) is 0.383. The Morgan fingerprint density at radius 2 is 1.48 bits per heavy atom. The SMILES string of the molecule is CC(C)(C)c1ccc2c(c1)[cH-]c1c(C3=CC=CC3)c(C(C)(C)C)ccc12.[Cl-].[Cl-].[Ti+3]. The molecule has 1 aliphatic rings. The summed E-state index contributed by atoms with van der Waals surface area (Å²) in [6.07, 6.45) is 7.79. The second-order valence-electron chi connectivity index (χ2n) is 9.72. The van der Waals surface area contributed by atoms with Gasteiger partial charge < -0.3 is 24.8 Å². The van der Waals surface area contributed by atoms with Crippen LogP contribution < -0.4 is 24.8 Å². The van der Waals surface area contributed by atoms with Crippen molar-refractivity contribution in [1.29, 1.82) is 0 Å². The summed E-state index contributed by atoms with van der Waals surface area (Å²) in [6.45, 7) is 13.8. The van der Waals surface area contributed by atoms with E-state index in [1.165, 1.54) is 43.8 Å². The molecule has 29 heavy (non-hydrogen) atoms. The predicted octanol–water partition coefficient (Wildman–Crippen LogP) is 1.66. The van der Waals surface area contributed by atoms with E-state index in [9.17, 15) is 0 Å². The van der Waals surface area contributed by atoms with Crippen molar-refractivity contribution in [1.82, 2.24) is 0 Å². The molecule has 0 aliphatic heterocycles. The van der Waals surface area contributed by atoms with Crippen LogP contribution in [-0.2, 0) is 32.5 Å². The molecule has 0 saturated carbocycles. The second kappa shape index (κ2) is 9.07. The first-order valence-electron chi connectivity index (χ1n) is 9.69. The van der Waals surface area contributed by atoms with Gasteiger partial charge in [0.05, 0.1) is 0 Å². The van der Waals surface area contributed by atoms with E-state index in [4.69, 9.17) is 0 Å². The Balaban J connectivity index is 0.00000140. The van der Waals surface area contributed by atoms with Crippen LogP contribution in [-0.4, -0.2) is 0 Å². The Bertz CT molecular complexity index is 1070. The minimum atomic E-state index is 0. The van der Waals surface area contributed by atoms with Crippen molar-refractivity contribution in [2.75, 3.05) is 0 Å². The Labute approximate surface area is 202 Å². The molecule has 0 fully saturated rings. The van der Waals surface area contributed by atoms with Crippen molar-refractivity contribution in [3.8, 4) is 0 Å². The van der Waals surface area contributed by atoms with E-state index in [0.29, 0.717) is 0 Å². The molecule has 0 spiro atoms. The van der Waals surface area contributed by atoms with E-state index in [-0.39, 0.29) is 57.4 Å². The third-order valence-corrected chi connectivity index (χ3v) is 5.65. The molecule has 3 aromatic carbocycles. The summed E-state index contributed by atoms with van der Waals surface area (Å²) in [5.74, 6) is 0. The van der Waals surface area contributed by atoms with E-state index >= 15 is 0 Å². The molecule has 1 radical (unpaired) electrons. The average molecular weight is 460 g/mol. The average Bonchev–Trinajstić information content (AvgIpc) is 3.18. The summed E-state index contributed by atoms with van der Waals surface area (Å²) in [6, 6.07) is 14.1. The fraction of sp³-hybridized carbons (Fsp3) is 0.346. The number of halogens is 2. The van der Waals surface area contributed by atoms with E-state index in [2.05, 4.69) is 96.2 Å². The summed E-state index contributed by atoms with van der Waals surface area (Å²) >= 11 is 0.